The SMILES string of the molecule is N#Cc1ccc(-c2cnc3ccc(-c4ccc(C(O)N5CCNCC5)cc4F)cn23)cc1. The van der Waals surface area contributed by atoms with Gasteiger partial charge in [0.2, 0.25) is 0 Å². The van der Waals surface area contributed by atoms with Crippen LogP contribution in [0.4, 0.5) is 4.39 Å². The predicted octanol–water partition coefficient (Wildman–Crippen LogP) is 3.58. The van der Waals surface area contributed by atoms with E-state index in [0.717, 1.165) is 43.1 Å². The molecule has 2 aromatic carbocycles. The normalized spacial score (nSPS) is 15.5. The molecule has 2 N–H and O–H groups in total. The van der Waals surface area contributed by atoms with Gasteiger partial charge in [-0.3, -0.25) is 9.30 Å². The van der Waals surface area contributed by atoms with Crippen molar-refractivity contribution in [3.63, 3.8) is 0 Å². The second-order valence-electron chi connectivity index (χ2n) is 7.88. The first-order valence-corrected chi connectivity index (χ1v) is 10.5. The standard InChI is InChI=1S/C25H22FN5O/c26-22-13-19(25(32)30-11-9-28-10-12-30)5-7-21(22)20-6-8-24-29-15-23(31(24)16-20)18-3-1-17(14-27)2-4-18/h1-8,13,15-16,25,28,32H,9-12H2. The van der Waals surface area contributed by atoms with E-state index in [1.54, 1.807) is 30.5 Å². The van der Waals surface area contributed by atoms with Gasteiger partial charge in [0.25, 0.3) is 0 Å². The number of hydrogen-bond donors (Lipinski definition) is 2. The van der Waals surface area contributed by atoms with E-state index in [2.05, 4.69) is 16.4 Å². The lowest BCUT2D eigenvalue weighted by atomic mass is 10.0. The Bertz CT molecular complexity index is 1300. The molecule has 5 rings (SSSR count). The van der Waals surface area contributed by atoms with Crippen LogP contribution in [0, 0.1) is 17.1 Å². The molecule has 6 nitrogen and oxygen atoms in total. The zero-order chi connectivity index (χ0) is 22.1. The Morgan fingerprint density at radius 1 is 1.03 bits per heavy atom. The van der Waals surface area contributed by atoms with Crippen molar-refractivity contribution in [3.05, 3.63) is 83.9 Å². The van der Waals surface area contributed by atoms with E-state index in [1.807, 2.05) is 39.8 Å². The molecule has 0 aliphatic carbocycles. The molecule has 1 aliphatic rings. The van der Waals surface area contributed by atoms with Crippen molar-refractivity contribution in [2.24, 2.45) is 0 Å². The fourth-order valence-electron chi connectivity index (χ4n) is 4.13. The van der Waals surface area contributed by atoms with Crippen LogP contribution in [0.25, 0.3) is 28.0 Å². The van der Waals surface area contributed by atoms with E-state index >= 15 is 4.39 Å². The second-order valence-corrected chi connectivity index (χ2v) is 7.88. The fourth-order valence-corrected chi connectivity index (χ4v) is 4.13. The maximum absolute atomic E-state index is 15.1. The van der Waals surface area contributed by atoms with Crippen molar-refractivity contribution in [1.29, 1.82) is 5.26 Å². The number of piperazine rings is 1. The van der Waals surface area contributed by atoms with E-state index < -0.39 is 6.23 Å². The lowest BCUT2D eigenvalue weighted by Gasteiger charge is -2.31. The summed E-state index contributed by atoms with van der Waals surface area (Å²) in [6.07, 6.45) is 2.81. The third-order valence-electron chi connectivity index (χ3n) is 5.92. The quantitative estimate of drug-likeness (QED) is 0.521. The summed E-state index contributed by atoms with van der Waals surface area (Å²) >= 11 is 0. The van der Waals surface area contributed by atoms with Crippen LogP contribution in [0.15, 0.2) is 67.0 Å². The van der Waals surface area contributed by atoms with Crippen molar-refractivity contribution in [1.82, 2.24) is 19.6 Å². The number of pyridine rings is 1. The van der Waals surface area contributed by atoms with Crippen molar-refractivity contribution in [3.8, 4) is 28.5 Å². The number of benzene rings is 2. The van der Waals surface area contributed by atoms with Gasteiger partial charge in [0.15, 0.2) is 0 Å². The second kappa shape index (κ2) is 8.52. The average molecular weight is 427 g/mol. The number of hydrogen-bond acceptors (Lipinski definition) is 5. The van der Waals surface area contributed by atoms with E-state index in [9.17, 15) is 5.11 Å². The molecule has 1 unspecified atom stereocenters. The van der Waals surface area contributed by atoms with Crippen LogP contribution in [0.3, 0.4) is 0 Å². The van der Waals surface area contributed by atoms with Gasteiger partial charge in [0, 0.05) is 49.1 Å². The molecular weight excluding hydrogens is 405 g/mol. The van der Waals surface area contributed by atoms with Gasteiger partial charge >= 0.3 is 0 Å². The van der Waals surface area contributed by atoms with Gasteiger partial charge in [0.05, 0.1) is 23.5 Å². The van der Waals surface area contributed by atoms with Crippen molar-refractivity contribution in [2.75, 3.05) is 26.2 Å². The lowest BCUT2D eigenvalue weighted by molar-refractivity contribution is -0.00563. The Kier molecular flexibility index (Phi) is 5.41. The molecule has 1 fully saturated rings. The number of aliphatic hydroxyl groups is 1. The van der Waals surface area contributed by atoms with E-state index in [-0.39, 0.29) is 5.82 Å². The molecule has 4 aromatic rings. The predicted molar refractivity (Wildman–Crippen MR) is 120 cm³/mol. The van der Waals surface area contributed by atoms with E-state index in [0.29, 0.717) is 22.3 Å². The number of fused-ring (bicyclic) bond motifs is 1. The molecule has 7 heteroatoms. The first-order chi connectivity index (χ1) is 15.6. The summed E-state index contributed by atoms with van der Waals surface area (Å²) in [5, 5.41) is 22.9. The van der Waals surface area contributed by atoms with Crippen molar-refractivity contribution < 1.29 is 9.50 Å². The Hall–Kier alpha value is -3.57. The average Bonchev–Trinajstić information content (AvgIpc) is 3.27. The zero-order valence-electron chi connectivity index (χ0n) is 17.4. The highest BCUT2D eigenvalue weighted by atomic mass is 19.1. The molecular formula is C25H22FN5O. The van der Waals surface area contributed by atoms with Gasteiger partial charge in [-0.05, 0) is 35.9 Å². The van der Waals surface area contributed by atoms with Crippen LogP contribution in [0.1, 0.15) is 17.4 Å². The fraction of sp³-hybridized carbons (Fsp3) is 0.200. The minimum absolute atomic E-state index is 0.379. The molecule has 1 aliphatic heterocycles. The molecule has 0 amide bonds. The summed E-state index contributed by atoms with van der Waals surface area (Å²) in [6, 6.07) is 18.0. The first-order valence-electron chi connectivity index (χ1n) is 10.5. The van der Waals surface area contributed by atoms with Gasteiger partial charge < -0.3 is 10.4 Å². The highest BCUT2D eigenvalue weighted by Crippen LogP contribution is 2.29. The highest BCUT2D eigenvalue weighted by molar-refractivity contribution is 5.70. The van der Waals surface area contributed by atoms with Gasteiger partial charge in [-0.25, -0.2) is 9.37 Å². The smallest absolute Gasteiger partial charge is 0.137 e. The molecule has 1 atom stereocenters. The Morgan fingerprint density at radius 3 is 2.50 bits per heavy atom. The molecule has 0 spiro atoms. The Balaban J connectivity index is 1.48. The van der Waals surface area contributed by atoms with Crippen molar-refractivity contribution in [2.45, 2.75) is 6.23 Å². The molecule has 0 saturated carbocycles. The summed E-state index contributed by atoms with van der Waals surface area (Å²) in [6.45, 7) is 3.06. The summed E-state index contributed by atoms with van der Waals surface area (Å²) in [4.78, 5) is 6.38. The summed E-state index contributed by atoms with van der Waals surface area (Å²) in [5.74, 6) is -0.379. The molecule has 3 heterocycles. The minimum atomic E-state index is -0.820. The number of aliphatic hydroxyl groups excluding tert-OH is 1. The number of rotatable bonds is 4. The van der Waals surface area contributed by atoms with Gasteiger partial charge in [0.1, 0.15) is 17.7 Å². The monoisotopic (exact) mass is 427 g/mol. The third kappa shape index (κ3) is 3.76. The van der Waals surface area contributed by atoms with Crippen molar-refractivity contribution >= 4 is 5.65 Å². The Labute approximate surface area is 185 Å². The molecule has 32 heavy (non-hydrogen) atoms. The van der Waals surface area contributed by atoms with Gasteiger partial charge in [-0.1, -0.05) is 24.3 Å². The molecule has 2 aromatic heterocycles. The number of nitriles is 1. The van der Waals surface area contributed by atoms with E-state index in [1.165, 1.54) is 6.07 Å². The van der Waals surface area contributed by atoms with Crippen LogP contribution in [-0.4, -0.2) is 45.6 Å². The number of imidazole rings is 1. The maximum atomic E-state index is 15.1. The molecule has 0 radical (unpaired) electrons. The highest BCUT2D eigenvalue weighted by Gasteiger charge is 2.21. The zero-order valence-corrected chi connectivity index (χ0v) is 17.4. The summed E-state index contributed by atoms with van der Waals surface area (Å²) < 4.78 is 17.0. The minimum Gasteiger partial charge on any atom is -0.374 e. The first kappa shape index (κ1) is 20.3. The molecule has 160 valence electrons. The molecule has 1 saturated heterocycles. The third-order valence-corrected chi connectivity index (χ3v) is 5.92. The largest absolute Gasteiger partial charge is 0.374 e. The van der Waals surface area contributed by atoms with Gasteiger partial charge in [-0.2, -0.15) is 5.26 Å². The summed E-state index contributed by atoms with van der Waals surface area (Å²) in [5.41, 5.74) is 4.85. The van der Waals surface area contributed by atoms with Gasteiger partial charge in [-0.15, -0.1) is 0 Å². The maximum Gasteiger partial charge on any atom is 0.137 e. The number of nitrogens with one attached hydrogen (secondary N) is 1. The van der Waals surface area contributed by atoms with E-state index in [4.69, 9.17) is 5.26 Å². The van der Waals surface area contributed by atoms with Crippen LogP contribution in [-0.2, 0) is 0 Å². The van der Waals surface area contributed by atoms with Crippen LogP contribution < -0.4 is 5.32 Å². The van der Waals surface area contributed by atoms with Crippen LogP contribution in [0.2, 0.25) is 0 Å². The van der Waals surface area contributed by atoms with Crippen LogP contribution in [0.5, 0.6) is 0 Å². The molecule has 0 bridgehead atoms. The number of nitrogens with zero attached hydrogens (tertiary/aromatic N) is 4. The Morgan fingerprint density at radius 2 is 1.78 bits per heavy atom. The summed E-state index contributed by atoms with van der Waals surface area (Å²) in [7, 11) is 0. The number of halogens is 1. The van der Waals surface area contributed by atoms with Crippen LogP contribution >= 0.6 is 0 Å². The number of aromatic nitrogens is 2. The topological polar surface area (TPSA) is 76.6 Å². The lowest BCUT2D eigenvalue weighted by Crippen LogP contribution is -2.45.